The monoisotopic (exact) mass is 832 g/mol. The van der Waals surface area contributed by atoms with Gasteiger partial charge in [0.1, 0.15) is 22.3 Å². The van der Waals surface area contributed by atoms with Crippen LogP contribution in [0.15, 0.2) is 160 Å². The van der Waals surface area contributed by atoms with Crippen molar-refractivity contribution in [3.05, 3.63) is 191 Å². The van der Waals surface area contributed by atoms with Gasteiger partial charge in [-0.1, -0.05) is 106 Å². The van der Waals surface area contributed by atoms with Gasteiger partial charge < -0.3 is 18.6 Å². The zero-order chi connectivity index (χ0) is 44.2. The quantitative estimate of drug-likeness (QED) is 0.167. The molecular formula is C60H52N2O2. The smallest absolute Gasteiger partial charge is 0.140 e. The molecule has 0 saturated heterocycles. The summed E-state index contributed by atoms with van der Waals surface area (Å²) in [6, 6.07) is 55.3. The maximum absolute atomic E-state index is 7.05. The van der Waals surface area contributed by atoms with Crippen LogP contribution in [0, 0.1) is 41.5 Å². The SMILES string of the molecule is Cc1ccccc1N(c1ccc2cc3c(cc2c1)oc1c(C(C)(C)C)c2c(cc13)oc1cc3cc(N(c4ccccc4C)c4c(C)cccc4C)ccc3cc12)c1c(C)cccc1C. The minimum Gasteiger partial charge on any atom is -0.456 e. The van der Waals surface area contributed by atoms with E-state index in [1.807, 2.05) is 0 Å². The van der Waals surface area contributed by atoms with Crippen molar-refractivity contribution in [2.45, 2.75) is 67.7 Å². The number of nitrogens with zero attached hydrogens (tertiary/aromatic N) is 2. The highest BCUT2D eigenvalue weighted by atomic mass is 16.3. The van der Waals surface area contributed by atoms with Gasteiger partial charge in [0.05, 0.1) is 11.4 Å². The fourth-order valence-electron chi connectivity index (χ4n) is 10.3. The van der Waals surface area contributed by atoms with Crippen LogP contribution >= 0.6 is 0 Å². The Labute approximate surface area is 375 Å². The third-order valence-electron chi connectivity index (χ3n) is 13.4. The second-order valence-corrected chi connectivity index (χ2v) is 18.9. The zero-order valence-electron chi connectivity index (χ0n) is 38.1. The molecule has 11 rings (SSSR count). The number of hydrogen-bond acceptors (Lipinski definition) is 4. The first-order chi connectivity index (χ1) is 30.8. The van der Waals surface area contributed by atoms with Gasteiger partial charge in [-0.15, -0.1) is 0 Å². The summed E-state index contributed by atoms with van der Waals surface area (Å²) in [5, 5.41) is 8.97. The predicted molar refractivity (Wildman–Crippen MR) is 272 cm³/mol. The van der Waals surface area contributed by atoms with E-state index < -0.39 is 0 Å². The van der Waals surface area contributed by atoms with E-state index in [2.05, 4.69) is 224 Å². The molecule has 0 saturated carbocycles. The first-order valence-electron chi connectivity index (χ1n) is 22.4. The van der Waals surface area contributed by atoms with Crippen LogP contribution in [0.25, 0.3) is 65.4 Å². The van der Waals surface area contributed by atoms with Crippen LogP contribution in [0.2, 0.25) is 0 Å². The Morgan fingerprint density at radius 3 is 1.31 bits per heavy atom. The molecule has 0 atom stereocenters. The summed E-state index contributed by atoms with van der Waals surface area (Å²) in [6.07, 6.45) is 0. The van der Waals surface area contributed by atoms with Crippen LogP contribution in [0.3, 0.4) is 0 Å². The van der Waals surface area contributed by atoms with Gasteiger partial charge >= 0.3 is 0 Å². The summed E-state index contributed by atoms with van der Waals surface area (Å²) in [7, 11) is 0. The second-order valence-electron chi connectivity index (χ2n) is 18.9. The molecule has 2 aromatic heterocycles. The third-order valence-corrected chi connectivity index (χ3v) is 13.4. The Morgan fingerprint density at radius 2 is 0.828 bits per heavy atom. The Hall–Kier alpha value is -7.30. The molecule has 9 aromatic carbocycles. The molecule has 0 unspecified atom stereocenters. The lowest BCUT2D eigenvalue weighted by atomic mass is 9.82. The van der Waals surface area contributed by atoms with E-state index in [-0.39, 0.29) is 5.41 Å². The van der Waals surface area contributed by atoms with Gasteiger partial charge in [-0.2, -0.15) is 0 Å². The lowest BCUT2D eigenvalue weighted by Gasteiger charge is -2.30. The number of benzene rings is 9. The van der Waals surface area contributed by atoms with Gasteiger partial charge in [-0.25, -0.2) is 0 Å². The normalized spacial score (nSPS) is 12.1. The van der Waals surface area contributed by atoms with Gasteiger partial charge in [0.2, 0.25) is 0 Å². The average Bonchev–Trinajstić information content (AvgIpc) is 3.80. The molecule has 0 fully saturated rings. The standard InChI is InChI=1S/C60H52N2O2/c1-35-16-10-12-22-50(35)61(57-37(3)18-14-19-38(57)4)45-26-24-41-30-47-48-34-54-55(56(60(7,8)9)59(48)64-52(47)32-43(41)28-45)49-31-42-25-27-46(29-44(42)33-53(49)63-54)62(51-23-13-11-17-36(51)2)58-39(5)20-15-21-40(58)6/h10-34H,1-9H3. The van der Waals surface area contributed by atoms with E-state index in [1.165, 1.54) is 56.1 Å². The Morgan fingerprint density at radius 1 is 0.375 bits per heavy atom. The lowest BCUT2D eigenvalue weighted by molar-refractivity contribution is 0.577. The molecule has 64 heavy (non-hydrogen) atoms. The van der Waals surface area contributed by atoms with Crippen molar-refractivity contribution < 1.29 is 8.83 Å². The van der Waals surface area contributed by atoms with Crippen molar-refractivity contribution in [2.24, 2.45) is 0 Å². The molecule has 0 spiro atoms. The van der Waals surface area contributed by atoms with Crippen molar-refractivity contribution in [2.75, 3.05) is 9.80 Å². The number of anilines is 6. The topological polar surface area (TPSA) is 32.8 Å². The first kappa shape index (κ1) is 39.5. The summed E-state index contributed by atoms with van der Waals surface area (Å²) in [4.78, 5) is 4.82. The molecule has 314 valence electrons. The minimum atomic E-state index is -0.243. The highest BCUT2D eigenvalue weighted by Gasteiger charge is 2.29. The van der Waals surface area contributed by atoms with Crippen LogP contribution in [0.1, 0.15) is 59.7 Å². The molecule has 0 aliphatic heterocycles. The van der Waals surface area contributed by atoms with Crippen LogP contribution in [0.5, 0.6) is 0 Å². The van der Waals surface area contributed by atoms with E-state index >= 15 is 0 Å². The highest BCUT2D eigenvalue weighted by molar-refractivity contribution is 6.20. The van der Waals surface area contributed by atoms with Gasteiger partial charge in [0.25, 0.3) is 0 Å². The van der Waals surface area contributed by atoms with Crippen molar-refractivity contribution in [1.29, 1.82) is 0 Å². The van der Waals surface area contributed by atoms with Crippen LogP contribution < -0.4 is 9.80 Å². The minimum absolute atomic E-state index is 0.243. The Bertz CT molecular complexity index is 3530. The first-order valence-corrected chi connectivity index (χ1v) is 22.4. The molecule has 4 nitrogen and oxygen atoms in total. The lowest BCUT2D eigenvalue weighted by Crippen LogP contribution is -2.14. The third kappa shape index (κ3) is 6.26. The van der Waals surface area contributed by atoms with Gasteiger partial charge in [0.15, 0.2) is 0 Å². The number of fused-ring (bicyclic) bond motifs is 8. The van der Waals surface area contributed by atoms with Gasteiger partial charge in [-0.3, -0.25) is 0 Å². The maximum Gasteiger partial charge on any atom is 0.140 e. The largest absolute Gasteiger partial charge is 0.456 e. The highest BCUT2D eigenvalue weighted by Crippen LogP contribution is 2.48. The number of hydrogen-bond donors (Lipinski definition) is 0. The molecule has 0 amide bonds. The molecule has 0 bridgehead atoms. The predicted octanol–water partition coefficient (Wildman–Crippen LogP) is 17.9. The molecule has 11 aromatic rings. The molecule has 0 aliphatic rings. The molecule has 0 radical (unpaired) electrons. The van der Waals surface area contributed by atoms with Crippen molar-refractivity contribution in [3.63, 3.8) is 0 Å². The number of aryl methyl sites for hydroxylation is 6. The number of rotatable bonds is 6. The van der Waals surface area contributed by atoms with Crippen LogP contribution in [0.4, 0.5) is 34.1 Å². The fraction of sp³-hybridized carbons (Fsp3) is 0.167. The van der Waals surface area contributed by atoms with Crippen molar-refractivity contribution in [1.82, 2.24) is 0 Å². The summed E-state index contributed by atoms with van der Waals surface area (Å²) in [5.74, 6) is 0. The van der Waals surface area contributed by atoms with Crippen LogP contribution in [-0.4, -0.2) is 0 Å². The summed E-state index contributed by atoms with van der Waals surface area (Å²) in [6.45, 7) is 20.0. The second kappa shape index (κ2) is 14.6. The van der Waals surface area contributed by atoms with E-state index in [9.17, 15) is 0 Å². The number of furan rings is 2. The average molecular weight is 833 g/mol. The van der Waals surface area contributed by atoms with Crippen molar-refractivity contribution >= 4 is 99.5 Å². The zero-order valence-corrected chi connectivity index (χ0v) is 38.1. The van der Waals surface area contributed by atoms with Gasteiger partial charge in [0, 0.05) is 49.9 Å². The van der Waals surface area contributed by atoms with E-state index in [0.717, 1.165) is 82.4 Å². The van der Waals surface area contributed by atoms with E-state index in [0.29, 0.717) is 0 Å². The molecule has 0 aliphatic carbocycles. The van der Waals surface area contributed by atoms with Gasteiger partial charge in [-0.05, 0) is 169 Å². The molecule has 4 heteroatoms. The number of para-hydroxylation sites is 4. The Balaban J connectivity index is 1.08. The van der Waals surface area contributed by atoms with Crippen LogP contribution in [-0.2, 0) is 5.41 Å². The molecular weight excluding hydrogens is 781 g/mol. The fourth-order valence-corrected chi connectivity index (χ4v) is 10.3. The Kier molecular flexibility index (Phi) is 9.04. The van der Waals surface area contributed by atoms with E-state index in [4.69, 9.17) is 8.83 Å². The summed E-state index contributed by atoms with van der Waals surface area (Å²) < 4.78 is 14.0. The van der Waals surface area contributed by atoms with E-state index in [1.54, 1.807) is 0 Å². The summed E-state index contributed by atoms with van der Waals surface area (Å²) >= 11 is 0. The summed E-state index contributed by atoms with van der Waals surface area (Å²) in [5.41, 5.74) is 18.8. The molecule has 2 heterocycles. The van der Waals surface area contributed by atoms with Crippen molar-refractivity contribution in [3.8, 4) is 0 Å². The maximum atomic E-state index is 7.05. The molecule has 0 N–H and O–H groups in total.